The van der Waals surface area contributed by atoms with E-state index in [1.807, 2.05) is 0 Å². The molecule has 15 heavy (non-hydrogen) atoms. The van der Waals surface area contributed by atoms with E-state index in [1.54, 1.807) is 7.11 Å². The molecule has 0 fully saturated rings. The van der Waals surface area contributed by atoms with E-state index in [1.165, 1.54) is 0 Å². The Bertz CT molecular complexity index is 232. The van der Waals surface area contributed by atoms with Crippen molar-refractivity contribution in [1.29, 1.82) is 0 Å². The van der Waals surface area contributed by atoms with Crippen LogP contribution in [0.3, 0.4) is 0 Å². The number of terminal acetylenes is 2. The van der Waals surface area contributed by atoms with E-state index >= 15 is 0 Å². The van der Waals surface area contributed by atoms with Crippen molar-refractivity contribution in [1.82, 2.24) is 0 Å². The van der Waals surface area contributed by atoms with Crippen LogP contribution in [0.25, 0.3) is 0 Å². The Morgan fingerprint density at radius 1 is 1.13 bits per heavy atom. The molecule has 0 N–H and O–H groups in total. The van der Waals surface area contributed by atoms with E-state index in [0.717, 1.165) is 0 Å². The molecule has 0 saturated heterocycles. The second-order valence-electron chi connectivity index (χ2n) is 3.33. The molecule has 0 rings (SSSR count). The first kappa shape index (κ1) is 12.1. The molecule has 0 aromatic heterocycles. The van der Waals surface area contributed by atoms with Crippen LogP contribution < -0.4 is 0 Å². The zero-order valence-electron chi connectivity index (χ0n) is 10.1. The largest absolute Gasteiger partial charge is 0.384 e. The van der Waals surface area contributed by atoms with Gasteiger partial charge in [0.05, 0.1) is 19.8 Å². The molecule has 3 heteroatoms. The van der Waals surface area contributed by atoms with Gasteiger partial charge in [0.1, 0.15) is 13.2 Å². The molecule has 0 saturated carbocycles. The zero-order chi connectivity index (χ0) is 12.3. The van der Waals surface area contributed by atoms with Crippen LogP contribution in [-0.4, -0.2) is 40.1 Å². The van der Waals surface area contributed by atoms with Crippen LogP contribution in [0, 0.1) is 30.1 Å². The van der Waals surface area contributed by atoms with Crippen LogP contribution >= 0.6 is 0 Å². The van der Waals surface area contributed by atoms with Crippen molar-refractivity contribution in [2.45, 2.75) is 6.90 Å². The summed E-state index contributed by atoms with van der Waals surface area (Å²) >= 11 is 0. The van der Waals surface area contributed by atoms with Gasteiger partial charge in [0, 0.05) is 13.9 Å². The second kappa shape index (κ2) is 8.32. The summed E-state index contributed by atoms with van der Waals surface area (Å²) in [5.41, 5.74) is -0.498. The van der Waals surface area contributed by atoms with Crippen LogP contribution in [0.2, 0.25) is 0 Å². The summed E-state index contributed by atoms with van der Waals surface area (Å²) in [5.74, 6) is 4.75. The summed E-state index contributed by atoms with van der Waals surface area (Å²) in [4.78, 5) is 0. The fraction of sp³-hybridized carbons (Fsp3) is 0.667. The number of rotatable bonds is 8. The molecule has 0 radical (unpaired) electrons. The lowest BCUT2D eigenvalue weighted by atomic mass is 9.94. The average molecular weight is 211 g/mol. The number of hydrogen-bond donors (Lipinski definition) is 0. The van der Waals surface area contributed by atoms with E-state index in [2.05, 4.69) is 11.8 Å². The molecule has 0 aromatic rings. The smallest absolute Gasteiger partial charge is 0.107 e. The Morgan fingerprint density at radius 2 is 1.67 bits per heavy atom. The van der Waals surface area contributed by atoms with Crippen molar-refractivity contribution in [2.24, 2.45) is 5.41 Å². The lowest BCUT2D eigenvalue weighted by Gasteiger charge is -2.27. The van der Waals surface area contributed by atoms with Crippen LogP contribution in [0.4, 0.5) is 0 Å². The van der Waals surface area contributed by atoms with Crippen LogP contribution in [0.1, 0.15) is 8.27 Å². The van der Waals surface area contributed by atoms with Crippen molar-refractivity contribution in [3.8, 4) is 24.7 Å². The third-order valence-corrected chi connectivity index (χ3v) is 1.64. The topological polar surface area (TPSA) is 27.7 Å². The minimum atomic E-state index is -0.498. The number of hydrogen-bond acceptors (Lipinski definition) is 3. The van der Waals surface area contributed by atoms with Gasteiger partial charge in [0.25, 0.3) is 0 Å². The zero-order valence-corrected chi connectivity index (χ0v) is 9.12. The van der Waals surface area contributed by atoms with Gasteiger partial charge in [-0.1, -0.05) is 18.7 Å². The first-order valence-electron chi connectivity index (χ1n) is 5.26. The van der Waals surface area contributed by atoms with E-state index in [4.69, 9.17) is 28.4 Å². The molecule has 0 atom stereocenters. The SMILES string of the molecule is [2H]CC(COC)(COCC#C)COCC#C. The predicted octanol–water partition coefficient (Wildman–Crippen LogP) is 0.939. The molecular formula is C12H18O3. The molecule has 0 heterocycles. The average Bonchev–Trinajstić information content (AvgIpc) is 2.29. The lowest BCUT2D eigenvalue weighted by molar-refractivity contribution is -0.0384. The highest BCUT2D eigenvalue weighted by molar-refractivity contribution is 4.85. The minimum Gasteiger partial charge on any atom is -0.384 e. The maximum Gasteiger partial charge on any atom is 0.107 e. The standard InChI is InChI=1S/C12H18O3/c1-5-7-14-10-12(3,9-13-4)11-15-8-6-2/h1-2H,7-11H2,3-4H3/i3D. The summed E-state index contributed by atoms with van der Waals surface area (Å²) in [6.07, 6.45) is 10.2. The third-order valence-electron chi connectivity index (χ3n) is 1.64. The first-order valence-corrected chi connectivity index (χ1v) is 4.55. The van der Waals surface area contributed by atoms with Crippen LogP contribution in [0.5, 0.6) is 0 Å². The number of ether oxygens (including phenoxy) is 3. The van der Waals surface area contributed by atoms with Crippen molar-refractivity contribution >= 4 is 0 Å². The van der Waals surface area contributed by atoms with Crippen LogP contribution in [0.15, 0.2) is 0 Å². The van der Waals surface area contributed by atoms with Crippen molar-refractivity contribution in [2.75, 3.05) is 40.1 Å². The monoisotopic (exact) mass is 211 g/mol. The fourth-order valence-electron chi connectivity index (χ4n) is 1.08. The molecule has 0 spiro atoms. The molecule has 3 nitrogen and oxygen atoms in total. The van der Waals surface area contributed by atoms with E-state index < -0.39 is 5.41 Å². The maximum atomic E-state index is 7.54. The van der Waals surface area contributed by atoms with E-state index in [9.17, 15) is 0 Å². The summed E-state index contributed by atoms with van der Waals surface area (Å²) < 4.78 is 23.1. The van der Waals surface area contributed by atoms with Gasteiger partial charge in [0.2, 0.25) is 0 Å². The predicted molar refractivity (Wildman–Crippen MR) is 59.3 cm³/mol. The summed E-state index contributed by atoms with van der Waals surface area (Å²) in [6, 6.07) is 0. The molecule has 0 aliphatic rings. The van der Waals surface area contributed by atoms with Crippen molar-refractivity contribution < 1.29 is 15.6 Å². The fourth-order valence-corrected chi connectivity index (χ4v) is 1.08. The number of methoxy groups -OCH3 is 1. The Morgan fingerprint density at radius 3 is 2.00 bits per heavy atom. The van der Waals surface area contributed by atoms with Gasteiger partial charge in [-0.3, -0.25) is 0 Å². The molecule has 0 aliphatic heterocycles. The van der Waals surface area contributed by atoms with E-state index in [0.29, 0.717) is 19.8 Å². The molecule has 0 bridgehead atoms. The first-order chi connectivity index (χ1) is 7.74. The third kappa shape index (κ3) is 6.99. The molecule has 0 unspecified atom stereocenters. The second-order valence-corrected chi connectivity index (χ2v) is 3.33. The maximum absolute atomic E-state index is 7.54. The van der Waals surface area contributed by atoms with Gasteiger partial charge >= 0.3 is 0 Å². The van der Waals surface area contributed by atoms with Gasteiger partial charge < -0.3 is 14.2 Å². The highest BCUT2D eigenvalue weighted by atomic mass is 16.5. The van der Waals surface area contributed by atoms with Gasteiger partial charge in [0.15, 0.2) is 0 Å². The van der Waals surface area contributed by atoms with Gasteiger partial charge in [-0.15, -0.1) is 12.8 Å². The molecular weight excluding hydrogens is 192 g/mol. The summed E-state index contributed by atoms with van der Waals surface area (Å²) in [7, 11) is 1.58. The quantitative estimate of drug-likeness (QED) is 0.442. The summed E-state index contributed by atoms with van der Waals surface area (Å²) in [5, 5.41) is 0. The molecule has 0 aromatic carbocycles. The Kier molecular flexibility index (Phi) is 6.70. The summed E-state index contributed by atoms with van der Waals surface area (Å²) in [6.45, 7) is 1.63. The molecule has 84 valence electrons. The van der Waals surface area contributed by atoms with E-state index in [-0.39, 0.29) is 20.1 Å². The Hall–Kier alpha value is -1.00. The van der Waals surface area contributed by atoms with Crippen molar-refractivity contribution in [3.05, 3.63) is 0 Å². The normalized spacial score (nSPS) is 11.5. The highest BCUT2D eigenvalue weighted by Crippen LogP contribution is 2.17. The molecule has 0 aliphatic carbocycles. The highest BCUT2D eigenvalue weighted by Gasteiger charge is 2.25. The van der Waals surface area contributed by atoms with Crippen LogP contribution in [-0.2, 0) is 14.2 Å². The molecule has 0 amide bonds. The van der Waals surface area contributed by atoms with Gasteiger partial charge in [-0.05, 0) is 0 Å². The van der Waals surface area contributed by atoms with Crippen molar-refractivity contribution in [3.63, 3.8) is 0 Å². The lowest BCUT2D eigenvalue weighted by Crippen LogP contribution is -2.34. The Labute approximate surface area is 93.5 Å². The minimum absolute atomic E-state index is 0.135. The van der Waals surface area contributed by atoms with Gasteiger partial charge in [-0.25, -0.2) is 0 Å². The Balaban J connectivity index is 4.22. The van der Waals surface area contributed by atoms with Gasteiger partial charge in [-0.2, -0.15) is 0 Å².